The molecule has 0 saturated carbocycles. The molecule has 0 spiro atoms. The molecule has 12 heavy (non-hydrogen) atoms. The van der Waals surface area contributed by atoms with E-state index in [-0.39, 0.29) is 0 Å². The van der Waals surface area contributed by atoms with Crippen molar-refractivity contribution in [3.63, 3.8) is 0 Å². The van der Waals surface area contributed by atoms with Crippen LogP contribution in [0, 0.1) is 6.92 Å². The van der Waals surface area contributed by atoms with E-state index < -0.39 is 0 Å². The number of thiocarbonyl (C=S) groups is 1. The summed E-state index contributed by atoms with van der Waals surface area (Å²) in [4.78, 5) is 4.05. The van der Waals surface area contributed by atoms with E-state index in [1.807, 2.05) is 25.1 Å². The van der Waals surface area contributed by atoms with Crippen LogP contribution in [0.5, 0.6) is 0 Å². The van der Waals surface area contributed by atoms with Crippen molar-refractivity contribution in [2.24, 2.45) is 4.99 Å². The maximum absolute atomic E-state index is 5.90. The molecule has 0 aliphatic rings. The number of hydrogen-bond acceptors (Lipinski definition) is 2. The highest BCUT2D eigenvalue weighted by Crippen LogP contribution is 2.24. The zero-order valence-electron chi connectivity index (χ0n) is 6.62. The Morgan fingerprint density at radius 2 is 2.25 bits per heavy atom. The third-order valence-corrected chi connectivity index (χ3v) is 1.80. The molecule has 1 aromatic carbocycles. The van der Waals surface area contributed by atoms with Crippen molar-refractivity contribution in [2.75, 3.05) is 0 Å². The van der Waals surface area contributed by atoms with E-state index in [0.717, 1.165) is 11.3 Å². The van der Waals surface area contributed by atoms with Gasteiger partial charge in [0.25, 0.3) is 0 Å². The monoisotopic (exact) mass is 197 g/mol. The van der Waals surface area contributed by atoms with Crippen LogP contribution in [0.3, 0.4) is 0 Å². The van der Waals surface area contributed by atoms with E-state index in [9.17, 15) is 0 Å². The van der Waals surface area contributed by atoms with Gasteiger partial charge in [-0.15, -0.1) is 0 Å². The van der Waals surface area contributed by atoms with Gasteiger partial charge in [0.1, 0.15) is 0 Å². The Morgan fingerprint density at radius 1 is 1.50 bits per heavy atom. The summed E-state index contributed by atoms with van der Waals surface area (Å²) in [6.45, 7) is 1.98. The predicted molar refractivity (Wildman–Crippen MR) is 58.0 cm³/mol. The van der Waals surface area contributed by atoms with Crippen LogP contribution in [-0.2, 0) is 0 Å². The molecule has 0 heterocycles. The Balaban J connectivity index is 3.01. The molecule has 0 atom stereocenters. The Bertz CT molecular complexity index is 320. The summed E-state index contributed by atoms with van der Waals surface area (Å²) in [5.41, 5.74) is 1.88. The minimum absolute atomic E-state index is 0.656. The van der Waals surface area contributed by atoms with Gasteiger partial charge in [0.15, 0.2) is 0 Å². The first kappa shape index (κ1) is 9.36. The largest absolute Gasteiger partial charge is 0.254 e. The summed E-state index contributed by atoms with van der Waals surface area (Å²) in [7, 11) is 0. The smallest absolute Gasteiger partial charge is 0.0816 e. The predicted octanol–water partition coefficient (Wildman–Crippen LogP) is 3.35. The lowest BCUT2D eigenvalue weighted by Gasteiger charge is -1.97. The van der Waals surface area contributed by atoms with E-state index in [0.29, 0.717) is 5.02 Å². The van der Waals surface area contributed by atoms with Crippen molar-refractivity contribution in [1.29, 1.82) is 0 Å². The van der Waals surface area contributed by atoms with Gasteiger partial charge >= 0.3 is 0 Å². The van der Waals surface area contributed by atoms with Crippen molar-refractivity contribution in [1.82, 2.24) is 0 Å². The lowest BCUT2D eigenvalue weighted by Crippen LogP contribution is -1.74. The van der Waals surface area contributed by atoms with Gasteiger partial charge in [0.05, 0.1) is 10.7 Å². The molecular weight excluding hydrogens is 190 g/mol. The molecule has 1 rings (SSSR count). The Kier molecular flexibility index (Phi) is 3.38. The fourth-order valence-electron chi connectivity index (χ4n) is 0.827. The molecule has 0 aliphatic heterocycles. The second kappa shape index (κ2) is 4.33. The molecule has 0 saturated heterocycles. The standard InChI is InChI=1S/C9H8ClNS/c1-7-2-3-9(8(10)6-7)11-4-5-12/h2-6H,1H3. The first-order chi connectivity index (χ1) is 5.74. The van der Waals surface area contributed by atoms with Crippen molar-refractivity contribution in [2.45, 2.75) is 6.92 Å². The van der Waals surface area contributed by atoms with Gasteiger partial charge in [-0.05, 0) is 24.6 Å². The van der Waals surface area contributed by atoms with Crippen molar-refractivity contribution < 1.29 is 0 Å². The molecule has 0 amide bonds. The van der Waals surface area contributed by atoms with Crippen LogP contribution in [0.2, 0.25) is 5.02 Å². The van der Waals surface area contributed by atoms with E-state index in [1.165, 1.54) is 5.37 Å². The zero-order valence-corrected chi connectivity index (χ0v) is 8.19. The van der Waals surface area contributed by atoms with Crippen LogP contribution >= 0.6 is 23.8 Å². The van der Waals surface area contributed by atoms with Crippen LogP contribution < -0.4 is 0 Å². The Hall–Kier alpha value is -0.730. The Morgan fingerprint density at radius 3 is 2.83 bits per heavy atom. The number of rotatable bonds is 2. The molecule has 0 aromatic heterocycles. The minimum atomic E-state index is 0.656. The third kappa shape index (κ3) is 2.40. The van der Waals surface area contributed by atoms with Crippen LogP contribution in [-0.4, -0.2) is 11.6 Å². The summed E-state index contributed by atoms with van der Waals surface area (Å²) in [5, 5.41) is 2.11. The van der Waals surface area contributed by atoms with Crippen LogP contribution in [0.1, 0.15) is 5.56 Å². The number of benzene rings is 1. The summed E-state index contributed by atoms with van der Waals surface area (Å²) in [5.74, 6) is 0. The van der Waals surface area contributed by atoms with E-state index in [4.69, 9.17) is 11.6 Å². The molecule has 0 bridgehead atoms. The minimum Gasteiger partial charge on any atom is -0.254 e. The SMILES string of the molecule is Cc1ccc(N=CC=S)c(Cl)c1. The lowest BCUT2D eigenvalue weighted by molar-refractivity contribution is 1.44. The van der Waals surface area contributed by atoms with Gasteiger partial charge < -0.3 is 0 Å². The highest BCUT2D eigenvalue weighted by molar-refractivity contribution is 7.80. The normalized spacial score (nSPS) is 10.5. The highest BCUT2D eigenvalue weighted by Gasteiger charge is 1.95. The second-order valence-electron chi connectivity index (χ2n) is 2.37. The van der Waals surface area contributed by atoms with Crippen molar-refractivity contribution >= 4 is 41.1 Å². The maximum atomic E-state index is 5.90. The molecule has 1 nitrogen and oxygen atoms in total. The van der Waals surface area contributed by atoms with Crippen molar-refractivity contribution in [3.05, 3.63) is 28.8 Å². The van der Waals surface area contributed by atoms with Crippen LogP contribution in [0.25, 0.3) is 0 Å². The van der Waals surface area contributed by atoms with Crippen LogP contribution in [0.15, 0.2) is 23.2 Å². The first-order valence-electron chi connectivity index (χ1n) is 3.48. The molecule has 1 aromatic rings. The molecule has 3 heteroatoms. The van der Waals surface area contributed by atoms with Gasteiger partial charge in [-0.1, -0.05) is 29.9 Å². The van der Waals surface area contributed by atoms with E-state index in [2.05, 4.69) is 17.2 Å². The summed E-state index contributed by atoms with van der Waals surface area (Å²) in [6, 6.07) is 5.70. The van der Waals surface area contributed by atoms with Crippen LogP contribution in [0.4, 0.5) is 5.69 Å². The number of aliphatic imine (C=N–C) groups is 1. The zero-order chi connectivity index (χ0) is 8.97. The molecule has 0 unspecified atom stereocenters. The van der Waals surface area contributed by atoms with E-state index in [1.54, 1.807) is 6.21 Å². The van der Waals surface area contributed by atoms with Gasteiger partial charge in [-0.2, -0.15) is 0 Å². The molecule has 62 valence electrons. The van der Waals surface area contributed by atoms with E-state index >= 15 is 0 Å². The topological polar surface area (TPSA) is 12.4 Å². The summed E-state index contributed by atoms with van der Waals surface area (Å²) in [6.07, 6.45) is 1.55. The number of hydrogen-bond donors (Lipinski definition) is 0. The fraction of sp³-hybridized carbons (Fsp3) is 0.111. The molecule has 0 aliphatic carbocycles. The molecular formula is C9H8ClNS. The number of aryl methyl sites for hydroxylation is 1. The highest BCUT2D eigenvalue weighted by atomic mass is 35.5. The average Bonchev–Trinajstić information content (AvgIpc) is 2.03. The van der Waals surface area contributed by atoms with Gasteiger partial charge in [0.2, 0.25) is 0 Å². The molecule has 0 N–H and O–H groups in total. The fourth-order valence-corrected chi connectivity index (χ4v) is 1.17. The molecule has 0 radical (unpaired) electrons. The lowest BCUT2D eigenvalue weighted by atomic mass is 10.2. The van der Waals surface area contributed by atoms with Crippen molar-refractivity contribution in [3.8, 4) is 0 Å². The average molecular weight is 198 g/mol. The number of nitrogens with zero attached hydrogens (tertiary/aromatic N) is 1. The van der Waals surface area contributed by atoms with Gasteiger partial charge in [-0.3, -0.25) is 4.99 Å². The molecule has 0 fully saturated rings. The first-order valence-corrected chi connectivity index (χ1v) is 4.33. The van der Waals surface area contributed by atoms with Gasteiger partial charge in [-0.25, -0.2) is 0 Å². The Labute approximate surface area is 82.1 Å². The number of halogens is 1. The van der Waals surface area contributed by atoms with Gasteiger partial charge in [0, 0.05) is 11.6 Å². The second-order valence-corrected chi connectivity index (χ2v) is 3.05. The summed E-state index contributed by atoms with van der Waals surface area (Å²) >= 11 is 10.5. The third-order valence-electron chi connectivity index (χ3n) is 1.38. The summed E-state index contributed by atoms with van der Waals surface area (Å²) < 4.78 is 0. The maximum Gasteiger partial charge on any atom is 0.0816 e. The quantitative estimate of drug-likeness (QED) is 0.523.